The van der Waals surface area contributed by atoms with Crippen LogP contribution in [0.15, 0.2) is 45.7 Å². The number of aromatic nitrogens is 1. The van der Waals surface area contributed by atoms with E-state index >= 15 is 0 Å². The highest BCUT2D eigenvalue weighted by Gasteiger charge is 2.28. The molecule has 6 heteroatoms. The predicted molar refractivity (Wildman–Crippen MR) is 84.4 cm³/mol. The molecule has 23 heavy (non-hydrogen) atoms. The van der Waals surface area contributed by atoms with E-state index < -0.39 is 0 Å². The summed E-state index contributed by atoms with van der Waals surface area (Å²) in [5.74, 6) is 0.736. The number of carbonyl (C=O) groups excluding carboxylic acids is 1. The molecule has 122 valence electrons. The number of ether oxygens (including phenoxy) is 1. The Labute approximate surface area is 134 Å². The van der Waals surface area contributed by atoms with E-state index in [9.17, 15) is 9.59 Å². The van der Waals surface area contributed by atoms with Crippen LogP contribution >= 0.6 is 0 Å². The van der Waals surface area contributed by atoms with Crippen LogP contribution < -0.4 is 5.56 Å². The van der Waals surface area contributed by atoms with Gasteiger partial charge in [-0.2, -0.15) is 0 Å². The van der Waals surface area contributed by atoms with E-state index in [0.717, 1.165) is 0 Å². The first-order valence-corrected chi connectivity index (χ1v) is 7.72. The molecule has 3 heterocycles. The van der Waals surface area contributed by atoms with Gasteiger partial charge in [-0.3, -0.25) is 9.59 Å². The lowest BCUT2D eigenvalue weighted by Crippen LogP contribution is -2.48. The van der Waals surface area contributed by atoms with Gasteiger partial charge < -0.3 is 18.6 Å². The Morgan fingerprint density at radius 3 is 2.61 bits per heavy atom. The quantitative estimate of drug-likeness (QED) is 0.865. The molecular formula is C17H20N2O4. The summed E-state index contributed by atoms with van der Waals surface area (Å²) in [6.07, 6.45) is 1.72. The van der Waals surface area contributed by atoms with Gasteiger partial charge in [-0.1, -0.05) is 6.07 Å². The number of hydrogen-bond donors (Lipinski definition) is 0. The number of hydrogen-bond acceptors (Lipinski definition) is 4. The maximum atomic E-state index is 12.5. The van der Waals surface area contributed by atoms with E-state index in [0.29, 0.717) is 31.2 Å². The van der Waals surface area contributed by atoms with E-state index in [-0.39, 0.29) is 23.7 Å². The second kappa shape index (κ2) is 6.42. The van der Waals surface area contributed by atoms with Crippen LogP contribution in [-0.4, -0.2) is 40.7 Å². The normalized spacial score (nSPS) is 21.4. The first-order chi connectivity index (χ1) is 11.0. The average molecular weight is 316 g/mol. The van der Waals surface area contributed by atoms with Crippen molar-refractivity contribution in [3.63, 3.8) is 0 Å². The summed E-state index contributed by atoms with van der Waals surface area (Å²) in [5, 5.41) is 0. The number of morpholine rings is 1. The third kappa shape index (κ3) is 3.53. The monoisotopic (exact) mass is 316 g/mol. The molecule has 1 fully saturated rings. The zero-order chi connectivity index (χ0) is 16.4. The van der Waals surface area contributed by atoms with Crippen LogP contribution in [0.5, 0.6) is 0 Å². The van der Waals surface area contributed by atoms with Gasteiger partial charge in [-0.15, -0.1) is 0 Å². The highest BCUT2D eigenvalue weighted by molar-refractivity contribution is 5.91. The van der Waals surface area contributed by atoms with E-state index in [2.05, 4.69) is 0 Å². The van der Waals surface area contributed by atoms with E-state index in [4.69, 9.17) is 9.15 Å². The SMILES string of the molecule is C[C@@H]1CN(C(=O)c2ccc(Cn3ccccc3=O)o2)C[C@H](C)O1. The largest absolute Gasteiger partial charge is 0.454 e. The van der Waals surface area contributed by atoms with Crippen molar-refractivity contribution in [1.29, 1.82) is 0 Å². The Morgan fingerprint density at radius 1 is 1.17 bits per heavy atom. The minimum atomic E-state index is -0.140. The van der Waals surface area contributed by atoms with E-state index in [1.165, 1.54) is 10.6 Å². The zero-order valence-corrected chi connectivity index (χ0v) is 13.3. The fourth-order valence-corrected chi connectivity index (χ4v) is 2.84. The molecule has 1 aliphatic rings. The second-order valence-electron chi connectivity index (χ2n) is 5.90. The fraction of sp³-hybridized carbons (Fsp3) is 0.412. The Bertz CT molecular complexity index is 739. The molecule has 0 saturated carbocycles. The average Bonchev–Trinajstić information content (AvgIpc) is 2.96. The second-order valence-corrected chi connectivity index (χ2v) is 5.90. The van der Waals surface area contributed by atoms with Crippen LogP contribution in [0.2, 0.25) is 0 Å². The zero-order valence-electron chi connectivity index (χ0n) is 13.3. The Morgan fingerprint density at radius 2 is 1.91 bits per heavy atom. The number of carbonyl (C=O) groups is 1. The molecular weight excluding hydrogens is 296 g/mol. The molecule has 2 aromatic rings. The molecule has 3 rings (SSSR count). The number of rotatable bonds is 3. The van der Waals surface area contributed by atoms with Gasteiger partial charge in [-0.25, -0.2) is 0 Å². The maximum absolute atomic E-state index is 12.5. The van der Waals surface area contributed by atoms with Crippen molar-refractivity contribution in [2.24, 2.45) is 0 Å². The van der Waals surface area contributed by atoms with Crippen LogP contribution in [-0.2, 0) is 11.3 Å². The van der Waals surface area contributed by atoms with Crippen molar-refractivity contribution in [3.05, 3.63) is 58.4 Å². The molecule has 1 saturated heterocycles. The van der Waals surface area contributed by atoms with Crippen LogP contribution in [0.1, 0.15) is 30.2 Å². The van der Waals surface area contributed by atoms with Crippen LogP contribution in [0.3, 0.4) is 0 Å². The first kappa shape index (κ1) is 15.6. The summed E-state index contributed by atoms with van der Waals surface area (Å²) in [6, 6.07) is 8.37. The molecule has 0 radical (unpaired) electrons. The molecule has 0 unspecified atom stereocenters. The minimum Gasteiger partial charge on any atom is -0.454 e. The summed E-state index contributed by atoms with van der Waals surface area (Å²) in [6.45, 7) is 5.31. The highest BCUT2D eigenvalue weighted by Crippen LogP contribution is 2.16. The van der Waals surface area contributed by atoms with Gasteiger partial charge in [0.15, 0.2) is 5.76 Å². The summed E-state index contributed by atoms with van der Waals surface area (Å²) in [4.78, 5) is 26.0. The van der Waals surface area contributed by atoms with Crippen molar-refractivity contribution >= 4 is 5.91 Å². The lowest BCUT2D eigenvalue weighted by atomic mass is 10.2. The van der Waals surface area contributed by atoms with Gasteiger partial charge in [0.25, 0.3) is 11.5 Å². The molecule has 2 atom stereocenters. The lowest BCUT2D eigenvalue weighted by Gasteiger charge is -2.34. The summed E-state index contributed by atoms with van der Waals surface area (Å²) < 4.78 is 12.8. The Hall–Kier alpha value is -2.34. The number of nitrogens with zero attached hydrogens (tertiary/aromatic N) is 2. The van der Waals surface area contributed by atoms with Crippen molar-refractivity contribution in [2.75, 3.05) is 13.1 Å². The van der Waals surface area contributed by atoms with Crippen LogP contribution in [0, 0.1) is 0 Å². The topological polar surface area (TPSA) is 64.7 Å². The maximum Gasteiger partial charge on any atom is 0.289 e. The molecule has 0 N–H and O–H groups in total. The van der Waals surface area contributed by atoms with Crippen LogP contribution in [0.25, 0.3) is 0 Å². The Balaban J connectivity index is 1.73. The molecule has 0 aliphatic carbocycles. The molecule has 1 aliphatic heterocycles. The van der Waals surface area contributed by atoms with Crippen molar-refractivity contribution in [2.45, 2.75) is 32.6 Å². The molecule has 0 aromatic carbocycles. The molecule has 1 amide bonds. The minimum absolute atomic E-state index is 0.0139. The van der Waals surface area contributed by atoms with Gasteiger partial charge in [0.1, 0.15) is 5.76 Å². The number of pyridine rings is 1. The molecule has 0 spiro atoms. The standard InChI is InChI=1S/C17H20N2O4/c1-12-9-19(10-13(2)22-12)17(21)15-7-6-14(23-15)11-18-8-4-3-5-16(18)20/h3-8,12-13H,9-11H2,1-2H3/t12-,13+. The third-order valence-corrected chi connectivity index (χ3v) is 3.80. The fourth-order valence-electron chi connectivity index (χ4n) is 2.84. The van der Waals surface area contributed by atoms with Gasteiger partial charge in [-0.05, 0) is 32.0 Å². The molecule has 0 bridgehead atoms. The highest BCUT2D eigenvalue weighted by atomic mass is 16.5. The first-order valence-electron chi connectivity index (χ1n) is 7.72. The van der Waals surface area contributed by atoms with Crippen molar-refractivity contribution in [3.8, 4) is 0 Å². The number of amides is 1. The summed E-state index contributed by atoms with van der Waals surface area (Å²) in [5.41, 5.74) is -0.104. The van der Waals surface area contributed by atoms with Gasteiger partial charge >= 0.3 is 0 Å². The number of furan rings is 1. The van der Waals surface area contributed by atoms with Gasteiger partial charge in [0, 0.05) is 25.4 Å². The third-order valence-electron chi connectivity index (χ3n) is 3.80. The van der Waals surface area contributed by atoms with Crippen molar-refractivity contribution in [1.82, 2.24) is 9.47 Å². The van der Waals surface area contributed by atoms with Crippen molar-refractivity contribution < 1.29 is 13.9 Å². The Kier molecular flexibility index (Phi) is 4.34. The van der Waals surface area contributed by atoms with E-state index in [1.54, 1.807) is 35.4 Å². The van der Waals surface area contributed by atoms with E-state index in [1.807, 2.05) is 13.8 Å². The smallest absolute Gasteiger partial charge is 0.289 e. The predicted octanol–water partition coefficient (Wildman–Crippen LogP) is 1.74. The molecule has 2 aromatic heterocycles. The lowest BCUT2D eigenvalue weighted by molar-refractivity contribution is -0.0592. The molecule has 6 nitrogen and oxygen atoms in total. The summed E-state index contributed by atoms with van der Waals surface area (Å²) in [7, 11) is 0. The van der Waals surface area contributed by atoms with Gasteiger partial charge in [0.05, 0.1) is 18.8 Å². The van der Waals surface area contributed by atoms with Gasteiger partial charge in [0.2, 0.25) is 0 Å². The van der Waals surface area contributed by atoms with Crippen LogP contribution in [0.4, 0.5) is 0 Å². The summed E-state index contributed by atoms with van der Waals surface area (Å²) >= 11 is 0.